The molecule has 1 N–H and O–H groups in total. The van der Waals surface area contributed by atoms with Gasteiger partial charge in [-0.15, -0.1) is 0 Å². The number of alkyl halides is 3. The van der Waals surface area contributed by atoms with Crippen LogP contribution in [-0.2, 0) is 24.4 Å². The van der Waals surface area contributed by atoms with Gasteiger partial charge in [0.25, 0.3) is 9.84 Å². The van der Waals surface area contributed by atoms with Crippen LogP contribution in [0.4, 0.5) is 13.2 Å². The summed E-state index contributed by atoms with van der Waals surface area (Å²) in [7, 11) is -9.39. The molecule has 0 aromatic carbocycles. The average Bonchev–Trinajstić information content (AvgIpc) is 3.03. The van der Waals surface area contributed by atoms with Gasteiger partial charge in [-0.25, -0.2) is 26.9 Å². The molecule has 1 atom stereocenters. The van der Waals surface area contributed by atoms with Gasteiger partial charge < -0.3 is 4.74 Å². The highest BCUT2D eigenvalue weighted by Crippen LogP contribution is 2.36. The molecular formula is C15H13F3N2O6S2. The summed E-state index contributed by atoms with van der Waals surface area (Å²) in [5.41, 5.74) is -5.99. The molecule has 0 fully saturated rings. The molecule has 28 heavy (non-hydrogen) atoms. The summed E-state index contributed by atoms with van der Waals surface area (Å²) < 4.78 is 91.3. The van der Waals surface area contributed by atoms with Crippen molar-refractivity contribution >= 4 is 25.4 Å². The number of hydrogen-bond acceptors (Lipinski definition) is 8. The number of sulfone groups is 2. The van der Waals surface area contributed by atoms with Gasteiger partial charge in [-0.1, -0.05) is 6.92 Å². The van der Waals surface area contributed by atoms with Crippen molar-refractivity contribution in [1.29, 1.82) is 0 Å². The van der Waals surface area contributed by atoms with Gasteiger partial charge in [0.05, 0.1) is 21.3 Å². The molecule has 13 heteroatoms. The summed E-state index contributed by atoms with van der Waals surface area (Å²) in [6.07, 6.45) is 5.05. The van der Waals surface area contributed by atoms with E-state index in [1.807, 2.05) is 0 Å². The van der Waals surface area contributed by atoms with Crippen molar-refractivity contribution in [3.05, 3.63) is 58.0 Å². The lowest BCUT2D eigenvalue weighted by molar-refractivity contribution is -0.0425. The van der Waals surface area contributed by atoms with E-state index in [4.69, 9.17) is 4.74 Å². The summed E-state index contributed by atoms with van der Waals surface area (Å²) in [6.45, 7) is 1.39. The molecule has 3 rings (SSSR count). The molecule has 2 heterocycles. The van der Waals surface area contributed by atoms with E-state index < -0.39 is 36.2 Å². The van der Waals surface area contributed by atoms with Crippen LogP contribution < -0.4 is 0 Å². The highest BCUT2D eigenvalue weighted by molar-refractivity contribution is 7.96. The number of ether oxygens (including phenoxy) is 1. The van der Waals surface area contributed by atoms with E-state index >= 15 is 0 Å². The number of halogens is 3. The monoisotopic (exact) mass is 438 g/mol. The lowest BCUT2D eigenvalue weighted by Gasteiger charge is -2.22. The zero-order chi connectivity index (χ0) is 20.9. The fraction of sp³-hybridized carbons (Fsp3) is 0.267. The molecule has 8 nitrogen and oxygen atoms in total. The number of allylic oxidation sites excluding steroid dienone is 3. The van der Waals surface area contributed by atoms with Crippen LogP contribution in [0.25, 0.3) is 0 Å². The second-order valence-electron chi connectivity index (χ2n) is 5.70. The predicted molar refractivity (Wildman–Crippen MR) is 91.8 cm³/mol. The molecule has 3 aliphatic rings. The molecule has 1 unspecified atom stereocenters. The Labute approximate surface area is 158 Å². The van der Waals surface area contributed by atoms with E-state index in [-0.39, 0.29) is 27.9 Å². The van der Waals surface area contributed by atoms with Crippen molar-refractivity contribution in [2.75, 3.05) is 5.75 Å². The molecule has 0 saturated heterocycles. The molecule has 0 aromatic heterocycles. The van der Waals surface area contributed by atoms with Crippen LogP contribution in [0.15, 0.2) is 63.0 Å². The topological polar surface area (TPSA) is 113 Å². The van der Waals surface area contributed by atoms with Crippen LogP contribution in [0.1, 0.15) is 6.92 Å². The van der Waals surface area contributed by atoms with Gasteiger partial charge in [0.1, 0.15) is 5.70 Å². The van der Waals surface area contributed by atoms with Gasteiger partial charge >= 0.3 is 5.51 Å². The van der Waals surface area contributed by atoms with Gasteiger partial charge in [-0.05, 0) is 30.4 Å². The van der Waals surface area contributed by atoms with Crippen molar-refractivity contribution in [3.8, 4) is 0 Å². The van der Waals surface area contributed by atoms with Crippen molar-refractivity contribution in [2.45, 2.75) is 18.5 Å². The SMILES string of the molecule is CCS(=O)(=O)C1=CC=CN(O)C1=C1N=C2C=C(S(=O)(=O)C(F)(F)F)C=CC2O1. The number of fused-ring (bicyclic) bond motifs is 1. The van der Waals surface area contributed by atoms with Gasteiger partial charge in [-0.3, -0.25) is 5.21 Å². The van der Waals surface area contributed by atoms with Crippen molar-refractivity contribution in [3.63, 3.8) is 0 Å². The van der Waals surface area contributed by atoms with Crippen molar-refractivity contribution < 1.29 is 40.0 Å². The van der Waals surface area contributed by atoms with Gasteiger partial charge in [0, 0.05) is 6.20 Å². The Hall–Kier alpha value is -2.38. The fourth-order valence-corrected chi connectivity index (χ4v) is 4.39. The molecule has 0 radical (unpaired) electrons. The van der Waals surface area contributed by atoms with E-state index in [1.54, 1.807) is 0 Å². The highest BCUT2D eigenvalue weighted by atomic mass is 32.2. The minimum Gasteiger partial charge on any atom is -0.462 e. The average molecular weight is 438 g/mol. The number of hydroxylamine groups is 2. The molecule has 0 aromatic rings. The third-order valence-electron chi connectivity index (χ3n) is 3.96. The normalized spacial score (nSPS) is 25.1. The standard InChI is InChI=1S/C15H13F3N2O6S2/c1-2-27(22,23)12-4-3-7-20(21)13(12)14-19-10-8-9(5-6-11(10)26-14)28(24,25)15(16,17)18/h3-8,11,21H,2H2,1H3. The first-order valence-corrected chi connectivity index (χ1v) is 10.8. The second kappa shape index (κ2) is 6.60. The van der Waals surface area contributed by atoms with Crippen molar-refractivity contribution in [1.82, 2.24) is 5.06 Å². The molecule has 0 bridgehead atoms. The first kappa shape index (κ1) is 20.4. The smallest absolute Gasteiger partial charge is 0.462 e. The Bertz CT molecular complexity index is 1110. The minimum absolute atomic E-state index is 0.177. The third-order valence-corrected chi connectivity index (χ3v) is 7.20. The maximum absolute atomic E-state index is 12.7. The molecule has 1 aliphatic carbocycles. The largest absolute Gasteiger partial charge is 0.501 e. The Kier molecular flexibility index (Phi) is 4.80. The zero-order valence-corrected chi connectivity index (χ0v) is 15.7. The van der Waals surface area contributed by atoms with Crippen LogP contribution >= 0.6 is 0 Å². The number of hydrogen-bond donors (Lipinski definition) is 1. The highest BCUT2D eigenvalue weighted by Gasteiger charge is 2.48. The Morgan fingerprint density at radius 2 is 1.96 bits per heavy atom. The van der Waals surface area contributed by atoms with Gasteiger partial charge in [-0.2, -0.15) is 13.2 Å². The second-order valence-corrected chi connectivity index (χ2v) is 9.89. The Morgan fingerprint density at radius 3 is 2.57 bits per heavy atom. The van der Waals surface area contributed by atoms with E-state index in [0.717, 1.165) is 18.4 Å². The van der Waals surface area contributed by atoms with Crippen LogP contribution in [0, 0.1) is 0 Å². The molecule has 0 saturated carbocycles. The van der Waals surface area contributed by atoms with E-state index in [2.05, 4.69) is 4.99 Å². The summed E-state index contributed by atoms with van der Waals surface area (Å²) in [5, 5.41) is 10.5. The Balaban J connectivity index is 2.10. The number of nitrogens with zero attached hydrogens (tertiary/aromatic N) is 2. The Morgan fingerprint density at radius 1 is 1.29 bits per heavy atom. The van der Waals surface area contributed by atoms with Gasteiger partial charge in [0.2, 0.25) is 5.88 Å². The summed E-state index contributed by atoms with van der Waals surface area (Å²) >= 11 is 0. The van der Waals surface area contributed by atoms with Crippen LogP contribution in [-0.4, -0.2) is 50.2 Å². The van der Waals surface area contributed by atoms with E-state index in [0.29, 0.717) is 11.1 Å². The van der Waals surface area contributed by atoms with Crippen LogP contribution in [0.5, 0.6) is 0 Å². The maximum atomic E-state index is 12.7. The minimum atomic E-state index is -5.59. The quantitative estimate of drug-likeness (QED) is 0.716. The first-order chi connectivity index (χ1) is 12.9. The molecule has 0 spiro atoms. The van der Waals surface area contributed by atoms with Crippen molar-refractivity contribution in [2.24, 2.45) is 4.99 Å². The zero-order valence-electron chi connectivity index (χ0n) is 14.1. The van der Waals surface area contributed by atoms with Gasteiger partial charge in [0.15, 0.2) is 15.9 Å². The number of rotatable bonds is 3. The third kappa shape index (κ3) is 3.29. The predicted octanol–water partition coefficient (Wildman–Crippen LogP) is 1.92. The molecular weight excluding hydrogens is 425 g/mol. The number of aliphatic imine (C=N–C) groups is 1. The summed E-state index contributed by atoms with van der Waals surface area (Å²) in [4.78, 5) is 2.58. The summed E-state index contributed by atoms with van der Waals surface area (Å²) in [5.74, 6) is -0.660. The van der Waals surface area contributed by atoms with Crippen LogP contribution in [0.3, 0.4) is 0 Å². The fourth-order valence-electron chi connectivity index (χ4n) is 2.51. The molecule has 2 aliphatic heterocycles. The van der Waals surface area contributed by atoms with E-state index in [9.17, 15) is 35.2 Å². The molecule has 152 valence electrons. The molecule has 0 amide bonds. The van der Waals surface area contributed by atoms with E-state index in [1.165, 1.54) is 19.1 Å². The summed E-state index contributed by atoms with van der Waals surface area (Å²) in [6, 6.07) is 0. The van der Waals surface area contributed by atoms with Crippen LogP contribution in [0.2, 0.25) is 0 Å². The lowest BCUT2D eigenvalue weighted by Crippen LogP contribution is -2.27. The maximum Gasteiger partial charge on any atom is 0.501 e. The first-order valence-electron chi connectivity index (χ1n) is 7.69. The lowest BCUT2D eigenvalue weighted by atomic mass is 10.1.